The van der Waals surface area contributed by atoms with Gasteiger partial charge >= 0.3 is 6.18 Å². The van der Waals surface area contributed by atoms with Crippen molar-refractivity contribution < 1.29 is 22.7 Å². The lowest BCUT2D eigenvalue weighted by molar-refractivity contribution is -0.139. The Morgan fingerprint density at radius 1 is 1.27 bits per heavy atom. The van der Waals surface area contributed by atoms with Crippen molar-refractivity contribution in [2.45, 2.75) is 49.8 Å². The van der Waals surface area contributed by atoms with Crippen molar-refractivity contribution in [3.8, 4) is 0 Å². The molecule has 3 rings (SSSR count). The fourth-order valence-electron chi connectivity index (χ4n) is 3.61. The van der Waals surface area contributed by atoms with E-state index in [4.69, 9.17) is 10.5 Å². The number of piperidine rings is 1. The Hall–Kier alpha value is -1.60. The zero-order chi connectivity index (χ0) is 18.8. The van der Waals surface area contributed by atoms with E-state index in [1.807, 2.05) is 0 Å². The summed E-state index contributed by atoms with van der Waals surface area (Å²) < 4.78 is 44.7. The van der Waals surface area contributed by atoms with Crippen LogP contribution >= 0.6 is 0 Å². The van der Waals surface area contributed by atoms with Crippen molar-refractivity contribution >= 4 is 5.91 Å². The number of hydrogen-bond acceptors (Lipinski definition) is 3. The van der Waals surface area contributed by atoms with E-state index in [2.05, 4.69) is 0 Å². The number of likely N-dealkylation sites (tertiary alicyclic amines) is 1. The number of rotatable bonds is 6. The third kappa shape index (κ3) is 4.04. The number of carbonyl (C=O) groups is 1. The quantitative estimate of drug-likeness (QED) is 0.783. The van der Waals surface area contributed by atoms with Gasteiger partial charge in [0.1, 0.15) is 0 Å². The largest absolute Gasteiger partial charge is 0.416 e. The van der Waals surface area contributed by atoms with Gasteiger partial charge in [-0.15, -0.1) is 0 Å². The van der Waals surface area contributed by atoms with Crippen LogP contribution in [-0.2, 0) is 21.1 Å². The van der Waals surface area contributed by atoms with E-state index >= 15 is 0 Å². The van der Waals surface area contributed by atoms with Crippen LogP contribution in [0.5, 0.6) is 0 Å². The highest BCUT2D eigenvalue weighted by atomic mass is 19.4. The number of nitrogens with two attached hydrogens (primary N) is 1. The predicted molar refractivity (Wildman–Crippen MR) is 91.6 cm³/mol. The number of hydrogen-bond donors (Lipinski definition) is 1. The molecule has 1 heterocycles. The molecular weight excluding hydrogens is 345 g/mol. The fraction of sp³-hybridized carbons (Fsp3) is 0.632. The maximum atomic E-state index is 13.0. The second-order valence-electron chi connectivity index (χ2n) is 7.17. The van der Waals surface area contributed by atoms with Crippen LogP contribution in [0, 0.1) is 0 Å². The SMILES string of the molecule is NCCCOC1CCN(C(=O)C2(c3cccc(C(F)(F)F)c3)CC2)CC1. The Morgan fingerprint density at radius 3 is 2.54 bits per heavy atom. The Kier molecular flexibility index (Phi) is 5.58. The molecule has 1 aliphatic heterocycles. The van der Waals surface area contributed by atoms with Crippen LogP contribution < -0.4 is 5.73 Å². The molecular formula is C19H25F3N2O2. The van der Waals surface area contributed by atoms with E-state index in [1.165, 1.54) is 6.07 Å². The van der Waals surface area contributed by atoms with E-state index in [9.17, 15) is 18.0 Å². The zero-order valence-corrected chi connectivity index (χ0v) is 14.7. The number of benzene rings is 1. The molecule has 0 spiro atoms. The van der Waals surface area contributed by atoms with Gasteiger partial charge in [-0.2, -0.15) is 13.2 Å². The van der Waals surface area contributed by atoms with Crippen LogP contribution in [0.1, 0.15) is 43.2 Å². The van der Waals surface area contributed by atoms with Crippen molar-refractivity contribution in [1.82, 2.24) is 4.90 Å². The first-order valence-electron chi connectivity index (χ1n) is 9.15. The summed E-state index contributed by atoms with van der Waals surface area (Å²) in [6.07, 6.45) is -0.703. The first-order chi connectivity index (χ1) is 12.4. The zero-order valence-electron chi connectivity index (χ0n) is 14.7. The molecule has 0 atom stereocenters. The lowest BCUT2D eigenvalue weighted by atomic mass is 9.91. The first kappa shape index (κ1) is 19.2. The summed E-state index contributed by atoms with van der Waals surface area (Å²) in [7, 11) is 0. The van der Waals surface area contributed by atoms with Crippen molar-refractivity contribution in [3.05, 3.63) is 35.4 Å². The minimum Gasteiger partial charge on any atom is -0.378 e. The summed E-state index contributed by atoms with van der Waals surface area (Å²) >= 11 is 0. The topological polar surface area (TPSA) is 55.6 Å². The van der Waals surface area contributed by atoms with E-state index in [0.29, 0.717) is 44.6 Å². The van der Waals surface area contributed by atoms with E-state index < -0.39 is 17.2 Å². The van der Waals surface area contributed by atoms with Crippen LogP contribution in [0.2, 0.25) is 0 Å². The minimum absolute atomic E-state index is 0.0442. The lowest BCUT2D eigenvalue weighted by Crippen LogP contribution is -2.45. The maximum absolute atomic E-state index is 13.0. The number of carbonyl (C=O) groups excluding carboxylic acids is 1. The average molecular weight is 370 g/mol. The Balaban J connectivity index is 1.64. The van der Waals surface area contributed by atoms with Crippen LogP contribution in [0.4, 0.5) is 13.2 Å². The number of ether oxygens (including phenoxy) is 1. The minimum atomic E-state index is -4.39. The summed E-state index contributed by atoms with van der Waals surface area (Å²) in [6.45, 7) is 2.40. The van der Waals surface area contributed by atoms with Gasteiger partial charge in [0.05, 0.1) is 17.1 Å². The molecule has 0 radical (unpaired) electrons. The monoisotopic (exact) mass is 370 g/mol. The van der Waals surface area contributed by atoms with Gasteiger partial charge in [-0.1, -0.05) is 18.2 Å². The molecule has 1 saturated carbocycles. The average Bonchev–Trinajstić information content (AvgIpc) is 3.43. The van der Waals surface area contributed by atoms with Gasteiger partial charge in [0.15, 0.2) is 0 Å². The van der Waals surface area contributed by atoms with Crippen molar-refractivity contribution in [2.75, 3.05) is 26.2 Å². The molecule has 144 valence electrons. The molecule has 0 unspecified atom stereocenters. The normalized spacial score (nSPS) is 20.2. The second-order valence-corrected chi connectivity index (χ2v) is 7.17. The summed E-state index contributed by atoms with van der Waals surface area (Å²) in [6, 6.07) is 5.22. The molecule has 1 aliphatic carbocycles. The maximum Gasteiger partial charge on any atom is 0.416 e. The molecule has 4 nitrogen and oxygen atoms in total. The number of alkyl halides is 3. The van der Waals surface area contributed by atoms with Gasteiger partial charge < -0.3 is 15.4 Å². The highest BCUT2D eigenvalue weighted by Gasteiger charge is 2.53. The summed E-state index contributed by atoms with van der Waals surface area (Å²) in [5, 5.41) is 0. The van der Waals surface area contributed by atoms with Gasteiger partial charge in [-0.3, -0.25) is 4.79 Å². The van der Waals surface area contributed by atoms with Gasteiger partial charge in [0.2, 0.25) is 5.91 Å². The molecule has 1 aromatic rings. The predicted octanol–water partition coefficient (Wildman–Crippen LogP) is 3.09. The summed E-state index contributed by atoms with van der Waals surface area (Å²) in [5.74, 6) is -0.0442. The van der Waals surface area contributed by atoms with Crippen LogP contribution in [0.3, 0.4) is 0 Å². The van der Waals surface area contributed by atoms with Gasteiger partial charge in [0, 0.05) is 19.7 Å². The molecule has 1 aromatic carbocycles. The third-order valence-electron chi connectivity index (χ3n) is 5.33. The number of halogens is 3. The smallest absolute Gasteiger partial charge is 0.378 e. The molecule has 0 aromatic heterocycles. The van der Waals surface area contributed by atoms with Gasteiger partial charge in [0.25, 0.3) is 0 Å². The highest BCUT2D eigenvalue weighted by Crippen LogP contribution is 2.50. The summed E-state index contributed by atoms with van der Waals surface area (Å²) in [5.41, 5.74) is 4.47. The molecule has 7 heteroatoms. The fourth-order valence-corrected chi connectivity index (χ4v) is 3.61. The first-order valence-corrected chi connectivity index (χ1v) is 9.15. The molecule has 1 saturated heterocycles. The Labute approximate surface area is 151 Å². The van der Waals surface area contributed by atoms with E-state index in [-0.39, 0.29) is 12.0 Å². The van der Waals surface area contributed by atoms with Crippen LogP contribution in [0.25, 0.3) is 0 Å². The Bertz CT molecular complexity index is 636. The van der Waals surface area contributed by atoms with Crippen molar-refractivity contribution in [2.24, 2.45) is 5.73 Å². The molecule has 2 aliphatic rings. The van der Waals surface area contributed by atoms with Crippen molar-refractivity contribution in [1.29, 1.82) is 0 Å². The molecule has 2 fully saturated rings. The van der Waals surface area contributed by atoms with E-state index in [1.54, 1.807) is 11.0 Å². The molecule has 26 heavy (non-hydrogen) atoms. The summed E-state index contributed by atoms with van der Waals surface area (Å²) in [4.78, 5) is 14.8. The van der Waals surface area contributed by atoms with Crippen LogP contribution in [-0.4, -0.2) is 43.2 Å². The Morgan fingerprint density at radius 2 is 1.96 bits per heavy atom. The van der Waals surface area contributed by atoms with E-state index in [0.717, 1.165) is 31.4 Å². The van der Waals surface area contributed by atoms with Gasteiger partial charge in [-0.25, -0.2) is 0 Å². The third-order valence-corrected chi connectivity index (χ3v) is 5.33. The lowest BCUT2D eigenvalue weighted by Gasteiger charge is -2.34. The molecule has 1 amide bonds. The second kappa shape index (κ2) is 7.56. The van der Waals surface area contributed by atoms with Gasteiger partial charge in [-0.05, 0) is 50.3 Å². The standard InChI is InChI=1S/C19H25F3N2O2/c20-19(21,22)15-4-1-3-14(13-15)18(7-8-18)17(25)24-10-5-16(6-11-24)26-12-2-9-23/h1,3-4,13,16H,2,5-12,23H2. The molecule has 2 N–H and O–H groups in total. The number of amides is 1. The molecule has 0 bridgehead atoms. The van der Waals surface area contributed by atoms with Crippen LogP contribution in [0.15, 0.2) is 24.3 Å². The number of nitrogens with zero attached hydrogens (tertiary/aromatic N) is 1. The highest BCUT2D eigenvalue weighted by molar-refractivity contribution is 5.91. The van der Waals surface area contributed by atoms with Crippen molar-refractivity contribution in [3.63, 3.8) is 0 Å².